The Morgan fingerprint density at radius 1 is 1.08 bits per heavy atom. The van der Waals surface area contributed by atoms with Gasteiger partial charge < -0.3 is 10.6 Å². The predicted octanol–water partition coefficient (Wildman–Crippen LogP) is 5.60. The molecule has 1 aliphatic carbocycles. The van der Waals surface area contributed by atoms with Crippen LogP contribution in [-0.2, 0) is 27.0 Å². The highest BCUT2D eigenvalue weighted by molar-refractivity contribution is 8.25. The van der Waals surface area contributed by atoms with E-state index in [1.165, 1.54) is 0 Å². The predicted molar refractivity (Wildman–Crippen MR) is 139 cm³/mol. The van der Waals surface area contributed by atoms with Crippen molar-refractivity contribution in [2.75, 3.05) is 5.75 Å². The maximum atomic E-state index is 13.0. The van der Waals surface area contributed by atoms with Crippen molar-refractivity contribution in [2.24, 2.45) is 0 Å². The number of amides is 1. The zero-order valence-corrected chi connectivity index (χ0v) is 22.5. The van der Waals surface area contributed by atoms with Gasteiger partial charge in [0.1, 0.15) is 5.75 Å². The number of nitrogens with one attached hydrogen (secondary N) is 2. The van der Waals surface area contributed by atoms with Crippen molar-refractivity contribution in [3.05, 3.63) is 64.7 Å². The van der Waals surface area contributed by atoms with E-state index in [0.717, 1.165) is 47.7 Å². The summed E-state index contributed by atoms with van der Waals surface area (Å²) in [7, 11) is -4.09. The molecular weight excluding hydrogens is 521 g/mol. The molecule has 38 heavy (non-hydrogen) atoms. The summed E-state index contributed by atoms with van der Waals surface area (Å²) in [5, 5.41) is 6.08. The van der Waals surface area contributed by atoms with Gasteiger partial charge in [-0.05, 0) is 81.8 Å². The number of rotatable bonds is 8. The minimum absolute atomic E-state index is 0.0811. The number of aryl methyl sites for hydroxylation is 1. The Labute approximate surface area is 221 Å². The highest BCUT2D eigenvalue weighted by Gasteiger charge is 2.34. The van der Waals surface area contributed by atoms with Gasteiger partial charge in [0.05, 0.1) is 16.5 Å². The van der Waals surface area contributed by atoms with Gasteiger partial charge in [0.2, 0.25) is 5.78 Å². The summed E-state index contributed by atoms with van der Waals surface area (Å²) < 4.78 is 59.6. The molecule has 0 spiro atoms. The van der Waals surface area contributed by atoms with Gasteiger partial charge in [0, 0.05) is 11.6 Å². The molecule has 0 heterocycles. The molecule has 11 heteroatoms. The van der Waals surface area contributed by atoms with Crippen LogP contribution in [0.2, 0.25) is 0 Å². The highest BCUT2D eigenvalue weighted by Crippen LogP contribution is 2.49. The topological polar surface area (TPSA) is 116 Å². The summed E-state index contributed by atoms with van der Waals surface area (Å²) in [5.74, 6) is -5.26. The van der Waals surface area contributed by atoms with Crippen molar-refractivity contribution in [2.45, 2.75) is 75.7 Å². The molecule has 1 amide bonds. The monoisotopic (exact) mass is 554 g/mol. The Bertz CT molecular complexity index is 1220. The standard InChI is InChI=1S/C27H33F3N2O5S/c1-16(32-26(2,3)4)17-11-12-21-18(13-17)7-5-10-22(21)31-25(35)24(34)23(33)15-38(36,37)20-9-6-8-19(14-20)27(28,29)30/h6,8-9,11-14,16,22,32,36-37H,5,7,10,15H2,1-4H3,(H,31,35)/t16-,22-/m1/s1. The number of alkyl halides is 3. The lowest BCUT2D eigenvalue weighted by molar-refractivity contribution is -0.144. The first-order valence-corrected chi connectivity index (χ1v) is 13.9. The molecule has 0 bridgehead atoms. The Balaban J connectivity index is 1.69. The quantitative estimate of drug-likeness (QED) is 0.250. The summed E-state index contributed by atoms with van der Waals surface area (Å²) in [5.41, 5.74) is 1.73. The van der Waals surface area contributed by atoms with Crippen LogP contribution in [0.5, 0.6) is 0 Å². The van der Waals surface area contributed by atoms with Crippen molar-refractivity contribution in [1.82, 2.24) is 10.6 Å². The molecule has 1 aliphatic rings. The molecule has 0 aliphatic heterocycles. The molecule has 0 radical (unpaired) electrons. The van der Waals surface area contributed by atoms with Crippen LogP contribution in [0.1, 0.15) is 74.9 Å². The van der Waals surface area contributed by atoms with Crippen LogP contribution in [-0.4, -0.2) is 37.9 Å². The number of carbonyl (C=O) groups is 3. The van der Waals surface area contributed by atoms with Crippen LogP contribution in [0.15, 0.2) is 47.4 Å². The summed E-state index contributed by atoms with van der Waals surface area (Å²) in [6.07, 6.45) is -2.64. The molecule has 2 aromatic carbocycles. The van der Waals surface area contributed by atoms with Crippen LogP contribution in [0.3, 0.4) is 0 Å². The van der Waals surface area contributed by atoms with E-state index in [-0.39, 0.29) is 11.6 Å². The molecule has 208 valence electrons. The van der Waals surface area contributed by atoms with Crippen LogP contribution >= 0.6 is 10.6 Å². The fourth-order valence-electron chi connectivity index (χ4n) is 4.54. The number of fused-ring (bicyclic) bond motifs is 1. The summed E-state index contributed by atoms with van der Waals surface area (Å²) >= 11 is 0. The molecule has 0 saturated carbocycles. The number of halogens is 3. The van der Waals surface area contributed by atoms with Gasteiger partial charge in [-0.3, -0.25) is 23.5 Å². The molecule has 4 N–H and O–H groups in total. The van der Waals surface area contributed by atoms with E-state index in [1.807, 2.05) is 12.1 Å². The number of benzene rings is 2. The lowest BCUT2D eigenvalue weighted by Gasteiger charge is -2.32. The average molecular weight is 555 g/mol. The SMILES string of the molecule is C[C@@H](NC(C)(C)C)c1ccc2c(c1)CCC[C@H]2NC(=O)C(=O)C(=O)CS(O)(O)c1cccc(C(F)(F)F)c1. The van der Waals surface area contributed by atoms with E-state index in [0.29, 0.717) is 12.5 Å². The van der Waals surface area contributed by atoms with Crippen molar-refractivity contribution in [1.29, 1.82) is 0 Å². The molecule has 0 unspecified atom stereocenters. The van der Waals surface area contributed by atoms with Gasteiger partial charge in [-0.1, -0.05) is 24.3 Å². The molecule has 2 aromatic rings. The van der Waals surface area contributed by atoms with Crippen molar-refractivity contribution >= 4 is 28.1 Å². The van der Waals surface area contributed by atoms with Crippen molar-refractivity contribution in [3.8, 4) is 0 Å². The average Bonchev–Trinajstić information content (AvgIpc) is 2.81. The fraction of sp³-hybridized carbons (Fsp3) is 0.444. The third-order valence-corrected chi connectivity index (χ3v) is 7.94. The number of hydrogen-bond acceptors (Lipinski definition) is 6. The third-order valence-electron chi connectivity index (χ3n) is 6.27. The largest absolute Gasteiger partial charge is 0.416 e. The van der Waals surface area contributed by atoms with E-state index in [1.54, 1.807) is 0 Å². The Morgan fingerprint density at radius 2 is 1.76 bits per heavy atom. The minimum atomic E-state index is -4.73. The first-order valence-electron chi connectivity index (χ1n) is 12.2. The normalized spacial score (nSPS) is 17.3. The van der Waals surface area contributed by atoms with Crippen LogP contribution in [0.25, 0.3) is 0 Å². The number of ketones is 2. The molecule has 7 nitrogen and oxygen atoms in total. The first-order chi connectivity index (χ1) is 17.5. The van der Waals surface area contributed by atoms with Gasteiger partial charge in [0.15, 0.2) is 0 Å². The van der Waals surface area contributed by atoms with E-state index < -0.39 is 56.5 Å². The smallest absolute Gasteiger partial charge is 0.342 e. The van der Waals surface area contributed by atoms with E-state index >= 15 is 0 Å². The van der Waals surface area contributed by atoms with Gasteiger partial charge in [-0.15, -0.1) is 0 Å². The number of Topliss-reactive ketones (excluding diaryl/α,β-unsaturated/α-hetero) is 2. The van der Waals surface area contributed by atoms with E-state index in [4.69, 9.17) is 0 Å². The van der Waals surface area contributed by atoms with Crippen LogP contribution in [0, 0.1) is 0 Å². The van der Waals surface area contributed by atoms with Crippen molar-refractivity contribution in [3.63, 3.8) is 0 Å². The Kier molecular flexibility index (Phi) is 8.77. The fourth-order valence-corrected chi connectivity index (χ4v) is 5.82. The maximum absolute atomic E-state index is 13.0. The summed E-state index contributed by atoms with van der Waals surface area (Å²) in [6.45, 7) is 8.28. The van der Waals surface area contributed by atoms with Gasteiger partial charge >= 0.3 is 6.18 Å². The molecule has 0 fully saturated rings. The second kappa shape index (κ2) is 11.2. The van der Waals surface area contributed by atoms with Crippen LogP contribution in [0.4, 0.5) is 13.2 Å². The van der Waals surface area contributed by atoms with Crippen LogP contribution < -0.4 is 10.6 Å². The number of hydrogen-bond donors (Lipinski definition) is 4. The molecule has 2 atom stereocenters. The van der Waals surface area contributed by atoms with Crippen molar-refractivity contribution < 1.29 is 36.7 Å². The third kappa shape index (κ3) is 7.43. The molecular formula is C27H33F3N2O5S. The van der Waals surface area contributed by atoms with E-state index in [2.05, 4.69) is 44.4 Å². The molecule has 0 aromatic heterocycles. The second-order valence-corrected chi connectivity index (χ2v) is 12.7. The van der Waals surface area contributed by atoms with E-state index in [9.17, 15) is 36.7 Å². The molecule has 3 rings (SSSR count). The summed E-state index contributed by atoms with van der Waals surface area (Å²) in [4.78, 5) is 37.0. The highest BCUT2D eigenvalue weighted by atomic mass is 32.3. The molecule has 0 saturated heterocycles. The van der Waals surface area contributed by atoms with Gasteiger partial charge in [-0.2, -0.15) is 23.8 Å². The Morgan fingerprint density at radius 3 is 2.39 bits per heavy atom. The lowest BCUT2D eigenvalue weighted by Crippen LogP contribution is -2.40. The zero-order chi connectivity index (χ0) is 28.5. The number of carbonyl (C=O) groups excluding carboxylic acids is 3. The zero-order valence-electron chi connectivity index (χ0n) is 21.7. The minimum Gasteiger partial charge on any atom is -0.342 e. The summed E-state index contributed by atoms with van der Waals surface area (Å²) in [6, 6.07) is 8.73. The van der Waals surface area contributed by atoms with Gasteiger partial charge in [0.25, 0.3) is 11.7 Å². The second-order valence-electron chi connectivity index (χ2n) is 10.6. The first kappa shape index (κ1) is 29.8. The maximum Gasteiger partial charge on any atom is 0.416 e. The lowest BCUT2D eigenvalue weighted by atomic mass is 9.85. The van der Waals surface area contributed by atoms with Gasteiger partial charge in [-0.25, -0.2) is 0 Å². The Hall–Kier alpha value is -2.73.